The van der Waals surface area contributed by atoms with Gasteiger partial charge in [0.25, 0.3) is 0 Å². The molecule has 0 radical (unpaired) electrons. The minimum atomic E-state index is -0.649. The topological polar surface area (TPSA) is 125 Å². The van der Waals surface area contributed by atoms with Gasteiger partial charge in [-0.1, -0.05) is 95.3 Å². The van der Waals surface area contributed by atoms with E-state index >= 15 is 0 Å². The first-order chi connectivity index (χ1) is 32.0. The lowest BCUT2D eigenvalue weighted by atomic mass is 9.98. The van der Waals surface area contributed by atoms with Crippen LogP contribution in [0.2, 0.25) is 15.1 Å². The van der Waals surface area contributed by atoms with Crippen LogP contribution in [-0.2, 0) is 0 Å². The van der Waals surface area contributed by atoms with Crippen molar-refractivity contribution in [2.75, 3.05) is 62.2 Å². The Labute approximate surface area is 402 Å². The second-order valence-electron chi connectivity index (χ2n) is 16.5. The number of β-amino-alcohol motifs (C(OH)–C–C–N with tert-alkyl or cyclic N) is 2. The van der Waals surface area contributed by atoms with Crippen molar-refractivity contribution in [3.63, 3.8) is 0 Å². The molecule has 8 rings (SSSR count). The summed E-state index contributed by atoms with van der Waals surface area (Å²) in [7, 11) is 0. The van der Waals surface area contributed by atoms with Gasteiger partial charge in [0.05, 0.1) is 69.5 Å². The van der Waals surface area contributed by atoms with Crippen LogP contribution in [0.3, 0.4) is 0 Å². The Morgan fingerprint density at radius 1 is 0.561 bits per heavy atom. The fourth-order valence-corrected chi connectivity index (χ4v) is 9.15. The number of nitriles is 3. The molecule has 0 amide bonds. The van der Waals surface area contributed by atoms with Gasteiger partial charge in [0.1, 0.15) is 6.07 Å². The molecule has 0 bridgehead atoms. The van der Waals surface area contributed by atoms with Gasteiger partial charge in [0.15, 0.2) is 0 Å². The van der Waals surface area contributed by atoms with Gasteiger partial charge in [-0.15, -0.1) is 6.42 Å². The highest BCUT2D eigenvalue weighted by Crippen LogP contribution is 2.37. The van der Waals surface area contributed by atoms with Crippen LogP contribution >= 0.6 is 34.8 Å². The SMILES string of the molecule is C#Cc1ccc(N2CCN(CC(O)c3ccc(C#N)cc3)C[C@H]2c2ccc(Cl)cc2)c(Cl)c1.Cc1ccc(N2CCN(CC(O)c3ccc(C#N)cc3)C[C@H]2c2ccc(Cl)cc2)c(C#N)c1. The molecule has 9 nitrogen and oxygen atoms in total. The Kier molecular flexibility index (Phi) is 16.0. The number of terminal acetylenes is 1. The summed E-state index contributed by atoms with van der Waals surface area (Å²) in [6.45, 7) is 7.38. The van der Waals surface area contributed by atoms with E-state index in [2.05, 4.69) is 43.7 Å². The lowest BCUT2D eigenvalue weighted by Gasteiger charge is -2.44. The molecule has 66 heavy (non-hydrogen) atoms. The second-order valence-corrected chi connectivity index (χ2v) is 17.8. The van der Waals surface area contributed by atoms with E-state index in [0.29, 0.717) is 57.9 Å². The van der Waals surface area contributed by atoms with Gasteiger partial charge < -0.3 is 20.0 Å². The van der Waals surface area contributed by atoms with E-state index in [9.17, 15) is 15.5 Å². The van der Waals surface area contributed by atoms with Crippen molar-refractivity contribution in [1.82, 2.24) is 9.80 Å². The first-order valence-corrected chi connectivity index (χ1v) is 22.7. The first-order valence-electron chi connectivity index (χ1n) is 21.6. The zero-order valence-electron chi connectivity index (χ0n) is 36.4. The molecule has 2 unspecified atom stereocenters. The molecular weight excluding hydrogens is 885 g/mol. The maximum Gasteiger partial charge on any atom is 0.101 e. The van der Waals surface area contributed by atoms with E-state index in [1.807, 2.05) is 116 Å². The van der Waals surface area contributed by atoms with Crippen LogP contribution in [-0.4, -0.2) is 72.4 Å². The predicted octanol–water partition coefficient (Wildman–Crippen LogP) is 10.4. The molecule has 2 aliphatic heterocycles. The molecule has 6 aromatic rings. The van der Waals surface area contributed by atoms with E-state index in [1.54, 1.807) is 24.3 Å². The second kappa shape index (κ2) is 22.2. The van der Waals surface area contributed by atoms with E-state index in [0.717, 1.165) is 70.9 Å². The number of benzene rings is 6. The number of aryl methyl sites for hydroxylation is 1. The molecule has 2 fully saturated rings. The molecule has 2 heterocycles. The average molecular weight is 933 g/mol. The van der Waals surface area contributed by atoms with Gasteiger partial charge in [0.2, 0.25) is 0 Å². The van der Waals surface area contributed by atoms with Gasteiger partial charge in [-0.05, 0) is 114 Å². The monoisotopic (exact) mass is 931 g/mol. The van der Waals surface area contributed by atoms with E-state index < -0.39 is 12.2 Å². The molecule has 0 aromatic heterocycles. The van der Waals surface area contributed by atoms with Crippen LogP contribution in [0.4, 0.5) is 11.4 Å². The zero-order valence-corrected chi connectivity index (χ0v) is 38.7. The number of hydrogen-bond donors (Lipinski definition) is 2. The molecule has 2 N–H and O–H groups in total. The molecule has 332 valence electrons. The number of hydrogen-bond acceptors (Lipinski definition) is 9. The van der Waals surface area contributed by atoms with Crippen LogP contribution in [0.1, 0.15) is 74.4 Å². The van der Waals surface area contributed by atoms with Crippen LogP contribution in [0, 0.1) is 53.3 Å². The van der Waals surface area contributed by atoms with Crippen molar-refractivity contribution in [2.45, 2.75) is 31.2 Å². The number of aliphatic hydroxyl groups excluding tert-OH is 2. The van der Waals surface area contributed by atoms with Crippen molar-refractivity contribution in [2.24, 2.45) is 0 Å². The summed E-state index contributed by atoms with van der Waals surface area (Å²) < 4.78 is 0. The first kappa shape index (κ1) is 47.6. The van der Waals surface area contributed by atoms with Crippen LogP contribution < -0.4 is 9.80 Å². The van der Waals surface area contributed by atoms with Gasteiger partial charge in [0, 0.05) is 68.0 Å². The van der Waals surface area contributed by atoms with Gasteiger partial charge in [-0.25, -0.2) is 0 Å². The minimum Gasteiger partial charge on any atom is -0.387 e. The van der Waals surface area contributed by atoms with Crippen LogP contribution in [0.15, 0.2) is 133 Å². The predicted molar refractivity (Wildman–Crippen MR) is 263 cm³/mol. The standard InChI is InChI=1S/C27H23Cl2N3O.C27H25ClN4O/c1-2-19-5-12-25(24(29)15-19)32-14-13-31(17-26(32)21-8-10-23(28)11-9-21)18-27(33)22-6-3-20(16-30)4-7-22;1-19-2-11-25(23(14-19)16-30)32-13-12-31(17-26(32)21-7-9-24(28)10-8-21)18-27(33)22-5-3-20(15-29)4-6-22/h1,3-12,15,26-27,33H,13-14,17-18H2;2-11,14,26-27,33H,12-13,17-18H2,1H3/t2*26-,27?/m00/s1. The van der Waals surface area contributed by atoms with Gasteiger partial charge in [-0.3, -0.25) is 9.80 Å². The van der Waals surface area contributed by atoms with Crippen molar-refractivity contribution >= 4 is 46.2 Å². The zero-order chi connectivity index (χ0) is 46.7. The van der Waals surface area contributed by atoms with Gasteiger partial charge in [-0.2, -0.15) is 15.8 Å². The normalized spacial score (nSPS) is 17.2. The van der Waals surface area contributed by atoms with E-state index in [1.165, 1.54) is 0 Å². The molecule has 2 aliphatic rings. The number of anilines is 2. The van der Waals surface area contributed by atoms with E-state index in [4.69, 9.17) is 51.7 Å². The Balaban J connectivity index is 0.000000196. The summed E-state index contributed by atoms with van der Waals surface area (Å²) >= 11 is 18.9. The summed E-state index contributed by atoms with van der Waals surface area (Å²) in [5, 5.41) is 51.4. The quantitative estimate of drug-likeness (QED) is 0.129. The number of rotatable bonds is 10. The Hall–Kier alpha value is -6.34. The third-order valence-corrected chi connectivity index (χ3v) is 13.0. The molecule has 4 atom stereocenters. The molecule has 0 aliphatic carbocycles. The molecular formula is C54H48Cl3N7O2. The summed E-state index contributed by atoms with van der Waals surface area (Å²) in [4.78, 5) is 9.07. The maximum atomic E-state index is 10.8. The van der Waals surface area contributed by atoms with Crippen molar-refractivity contribution in [1.29, 1.82) is 15.8 Å². The smallest absolute Gasteiger partial charge is 0.101 e. The Morgan fingerprint density at radius 3 is 1.42 bits per heavy atom. The van der Waals surface area contributed by atoms with E-state index in [-0.39, 0.29) is 12.1 Å². The number of piperazine rings is 2. The number of halogens is 3. The van der Waals surface area contributed by atoms with Crippen molar-refractivity contribution in [3.05, 3.63) is 199 Å². The van der Waals surface area contributed by atoms with Crippen molar-refractivity contribution in [3.8, 4) is 30.6 Å². The number of aliphatic hydroxyl groups is 2. The Bertz CT molecular complexity index is 2780. The van der Waals surface area contributed by atoms with Crippen LogP contribution in [0.25, 0.3) is 0 Å². The minimum absolute atomic E-state index is 0.0130. The Morgan fingerprint density at radius 2 is 1.00 bits per heavy atom. The largest absolute Gasteiger partial charge is 0.387 e. The lowest BCUT2D eigenvalue weighted by molar-refractivity contribution is 0.100. The molecule has 6 aromatic carbocycles. The van der Waals surface area contributed by atoms with Crippen molar-refractivity contribution < 1.29 is 10.2 Å². The lowest BCUT2D eigenvalue weighted by Crippen LogP contribution is -2.49. The summed E-state index contributed by atoms with van der Waals surface area (Å²) in [6.07, 6.45) is 4.23. The third kappa shape index (κ3) is 11.7. The number of nitrogens with zero attached hydrogens (tertiary/aromatic N) is 7. The summed E-state index contributed by atoms with van der Waals surface area (Å²) in [6, 6.07) is 48.1. The maximum absolute atomic E-state index is 10.8. The summed E-state index contributed by atoms with van der Waals surface area (Å²) in [5.74, 6) is 2.63. The molecule has 2 saturated heterocycles. The third-order valence-electron chi connectivity index (χ3n) is 12.2. The van der Waals surface area contributed by atoms with Crippen LogP contribution in [0.5, 0.6) is 0 Å². The molecule has 0 spiro atoms. The summed E-state index contributed by atoms with van der Waals surface area (Å²) in [5.41, 5.74) is 9.31. The molecule has 12 heteroatoms. The highest BCUT2D eigenvalue weighted by Gasteiger charge is 2.32. The molecule has 0 saturated carbocycles. The highest BCUT2D eigenvalue weighted by molar-refractivity contribution is 6.33. The fourth-order valence-electron chi connectivity index (χ4n) is 8.61. The van der Waals surface area contributed by atoms with Gasteiger partial charge >= 0.3 is 0 Å². The average Bonchev–Trinajstić information content (AvgIpc) is 3.34. The fraction of sp³-hybridized carbons (Fsp3) is 0.241. The highest BCUT2D eigenvalue weighted by atomic mass is 35.5.